The summed E-state index contributed by atoms with van der Waals surface area (Å²) in [5.74, 6) is 0.652. The van der Waals surface area contributed by atoms with Crippen molar-refractivity contribution in [3.05, 3.63) is 65.2 Å². The van der Waals surface area contributed by atoms with Gasteiger partial charge in [-0.25, -0.2) is 4.98 Å². The van der Waals surface area contributed by atoms with E-state index in [2.05, 4.69) is 21.7 Å². The number of nitrogens with one attached hydrogen (secondary N) is 2. The van der Waals surface area contributed by atoms with E-state index in [9.17, 15) is 22.1 Å². The van der Waals surface area contributed by atoms with Gasteiger partial charge in [-0.05, 0) is 73.0 Å². The Morgan fingerprint density at radius 2 is 1.27 bits per heavy atom. The van der Waals surface area contributed by atoms with E-state index in [1.807, 2.05) is 6.92 Å². The molecule has 10 nitrogen and oxygen atoms in total. The van der Waals surface area contributed by atoms with E-state index in [1.165, 1.54) is 48.5 Å². The predicted octanol–water partition coefficient (Wildman–Crippen LogP) is 3.80. The third-order valence-corrected chi connectivity index (χ3v) is 6.60. The molecule has 0 saturated heterocycles. The van der Waals surface area contributed by atoms with Crippen LogP contribution in [-0.2, 0) is 26.7 Å². The van der Waals surface area contributed by atoms with Crippen LogP contribution in [0.25, 0.3) is 0 Å². The maximum atomic E-state index is 11.2. The lowest BCUT2D eigenvalue weighted by Crippen LogP contribution is -2.08. The molecule has 0 fully saturated rings. The van der Waals surface area contributed by atoms with Crippen LogP contribution in [0.3, 0.4) is 0 Å². The number of hydrogen-bond acceptors (Lipinski definition) is 8. The van der Waals surface area contributed by atoms with Crippen LogP contribution in [0.4, 0.5) is 23.0 Å². The van der Waals surface area contributed by atoms with Crippen molar-refractivity contribution in [3.8, 4) is 6.07 Å². The molecular formula is C21H20N4O6S2. The van der Waals surface area contributed by atoms with E-state index in [-0.39, 0.29) is 15.6 Å². The summed E-state index contributed by atoms with van der Waals surface area (Å²) in [5.41, 5.74) is 2.73. The SMILES string of the molecule is CCc1c(C)c(Nc2ccc(S(=O)(=O)O)cc2)nc(Nc2ccc(S(=O)(=O)O)cc2)c1C#N. The van der Waals surface area contributed by atoms with Gasteiger partial charge in [0.15, 0.2) is 5.82 Å². The molecule has 0 unspecified atom stereocenters. The minimum absolute atomic E-state index is 0.233. The second kappa shape index (κ2) is 9.16. The monoisotopic (exact) mass is 488 g/mol. The van der Waals surface area contributed by atoms with Gasteiger partial charge in [0.1, 0.15) is 11.9 Å². The zero-order valence-corrected chi connectivity index (χ0v) is 19.2. The van der Waals surface area contributed by atoms with Gasteiger partial charge in [0.05, 0.1) is 15.4 Å². The molecule has 0 bridgehead atoms. The summed E-state index contributed by atoms with van der Waals surface area (Å²) in [6.45, 7) is 3.69. The van der Waals surface area contributed by atoms with Crippen LogP contribution in [0, 0.1) is 18.3 Å². The maximum Gasteiger partial charge on any atom is 0.294 e. The Bertz CT molecular complexity index is 1440. The van der Waals surface area contributed by atoms with Crippen molar-refractivity contribution in [2.45, 2.75) is 30.1 Å². The average molecular weight is 489 g/mol. The highest BCUT2D eigenvalue weighted by Crippen LogP contribution is 2.31. The van der Waals surface area contributed by atoms with Gasteiger partial charge < -0.3 is 10.6 Å². The number of nitrogens with zero attached hydrogens (tertiary/aromatic N) is 2. The lowest BCUT2D eigenvalue weighted by atomic mass is 10.0. The summed E-state index contributed by atoms with van der Waals surface area (Å²) in [6.07, 6.45) is 0.532. The third-order valence-electron chi connectivity index (χ3n) is 4.87. The summed E-state index contributed by atoms with van der Waals surface area (Å²) >= 11 is 0. The highest BCUT2D eigenvalue weighted by molar-refractivity contribution is 7.86. The second-order valence-electron chi connectivity index (χ2n) is 7.00. The molecule has 0 spiro atoms. The molecule has 2 aromatic carbocycles. The molecule has 0 aliphatic rings. The van der Waals surface area contributed by atoms with Crippen molar-refractivity contribution in [1.29, 1.82) is 5.26 Å². The average Bonchev–Trinajstić information content (AvgIpc) is 2.75. The molecule has 1 heterocycles. The first kappa shape index (κ1) is 24.1. The van der Waals surface area contributed by atoms with Gasteiger partial charge in [0.25, 0.3) is 20.2 Å². The zero-order chi connectivity index (χ0) is 24.4. The molecule has 0 amide bonds. The third kappa shape index (κ3) is 5.47. The van der Waals surface area contributed by atoms with Crippen molar-refractivity contribution in [1.82, 2.24) is 4.98 Å². The fourth-order valence-electron chi connectivity index (χ4n) is 3.19. The maximum absolute atomic E-state index is 11.2. The van der Waals surface area contributed by atoms with Crippen molar-refractivity contribution < 1.29 is 25.9 Å². The zero-order valence-electron chi connectivity index (χ0n) is 17.6. The summed E-state index contributed by atoms with van der Waals surface area (Å²) in [5, 5.41) is 15.8. The Morgan fingerprint density at radius 1 is 0.848 bits per heavy atom. The fraction of sp³-hybridized carbons (Fsp3) is 0.143. The van der Waals surface area contributed by atoms with Gasteiger partial charge in [-0.2, -0.15) is 22.1 Å². The molecular weight excluding hydrogens is 468 g/mol. The Kier molecular flexibility index (Phi) is 6.71. The number of hydrogen-bond donors (Lipinski definition) is 4. The number of nitriles is 1. The van der Waals surface area contributed by atoms with E-state index < -0.39 is 20.2 Å². The first-order valence-corrected chi connectivity index (χ1v) is 12.4. The Morgan fingerprint density at radius 3 is 1.64 bits per heavy atom. The minimum Gasteiger partial charge on any atom is -0.340 e. The number of anilines is 4. The highest BCUT2D eigenvalue weighted by Gasteiger charge is 2.18. The van der Waals surface area contributed by atoms with Gasteiger partial charge in [0.2, 0.25) is 0 Å². The summed E-state index contributed by atoms with van der Waals surface area (Å²) in [7, 11) is -8.65. The molecule has 1 aromatic heterocycles. The van der Waals surface area contributed by atoms with Crippen molar-refractivity contribution in [2.24, 2.45) is 0 Å². The first-order valence-electron chi connectivity index (χ1n) is 9.56. The molecule has 0 saturated carbocycles. The van der Waals surface area contributed by atoms with Crippen LogP contribution in [0.1, 0.15) is 23.6 Å². The van der Waals surface area contributed by atoms with Crippen LogP contribution < -0.4 is 10.6 Å². The largest absolute Gasteiger partial charge is 0.340 e. The van der Waals surface area contributed by atoms with E-state index in [0.717, 1.165) is 11.1 Å². The molecule has 3 aromatic rings. The molecule has 0 atom stereocenters. The first-order chi connectivity index (χ1) is 15.4. The lowest BCUT2D eigenvalue weighted by Gasteiger charge is -2.17. The number of benzene rings is 2. The van der Waals surface area contributed by atoms with Gasteiger partial charge in [0, 0.05) is 11.4 Å². The van der Waals surface area contributed by atoms with Gasteiger partial charge in [-0.1, -0.05) is 6.92 Å². The summed E-state index contributed by atoms with van der Waals surface area (Å²) in [6, 6.07) is 12.9. The molecule has 12 heteroatoms. The normalized spacial score (nSPS) is 11.6. The van der Waals surface area contributed by atoms with Crippen LogP contribution in [-0.4, -0.2) is 30.9 Å². The standard InChI is InChI=1S/C21H20N4O6S2/c1-3-18-13(2)20(23-14-4-8-16(9-5-14)32(26,27)28)25-21(19(18)12-22)24-15-6-10-17(11-7-15)33(29,30)31/h4-11H,3H2,1-2H3,(H2,23,24,25)(H,26,27,28)(H,29,30,31). The van der Waals surface area contributed by atoms with Gasteiger partial charge in [-0.3, -0.25) is 9.11 Å². The molecule has 0 aliphatic heterocycles. The van der Waals surface area contributed by atoms with Crippen molar-refractivity contribution in [2.75, 3.05) is 10.6 Å². The second-order valence-corrected chi connectivity index (χ2v) is 9.84. The van der Waals surface area contributed by atoms with Crippen LogP contribution in [0.15, 0.2) is 58.3 Å². The van der Waals surface area contributed by atoms with Crippen molar-refractivity contribution in [3.63, 3.8) is 0 Å². The molecule has 172 valence electrons. The van der Waals surface area contributed by atoms with E-state index in [0.29, 0.717) is 29.2 Å². The number of aromatic nitrogens is 1. The quantitative estimate of drug-likeness (QED) is 0.359. The van der Waals surface area contributed by atoms with Crippen LogP contribution >= 0.6 is 0 Å². The van der Waals surface area contributed by atoms with Gasteiger partial charge in [-0.15, -0.1) is 0 Å². The Labute approximate surface area is 191 Å². The van der Waals surface area contributed by atoms with Crippen LogP contribution in [0.2, 0.25) is 0 Å². The molecule has 4 N–H and O–H groups in total. The van der Waals surface area contributed by atoms with E-state index in [4.69, 9.17) is 9.11 Å². The number of pyridine rings is 1. The fourth-order valence-corrected chi connectivity index (χ4v) is 4.15. The van der Waals surface area contributed by atoms with E-state index >= 15 is 0 Å². The van der Waals surface area contributed by atoms with E-state index in [1.54, 1.807) is 6.92 Å². The molecule has 3 rings (SSSR count). The van der Waals surface area contributed by atoms with Crippen LogP contribution in [0.5, 0.6) is 0 Å². The molecule has 33 heavy (non-hydrogen) atoms. The minimum atomic E-state index is -4.33. The summed E-state index contributed by atoms with van der Waals surface area (Å²) in [4.78, 5) is 3.99. The Hall–Kier alpha value is -3.50. The molecule has 0 radical (unpaired) electrons. The highest BCUT2D eigenvalue weighted by atomic mass is 32.2. The number of rotatable bonds is 7. The van der Waals surface area contributed by atoms with Gasteiger partial charge >= 0.3 is 0 Å². The summed E-state index contributed by atoms with van der Waals surface area (Å²) < 4.78 is 63.2. The lowest BCUT2D eigenvalue weighted by molar-refractivity contribution is 0.481. The van der Waals surface area contributed by atoms with Crippen molar-refractivity contribution >= 4 is 43.2 Å². The predicted molar refractivity (Wildman–Crippen MR) is 122 cm³/mol. The Balaban J connectivity index is 2.01. The molecule has 0 aliphatic carbocycles. The smallest absolute Gasteiger partial charge is 0.294 e. The topological polar surface area (TPSA) is 169 Å².